The van der Waals surface area contributed by atoms with Gasteiger partial charge in [-0.3, -0.25) is 9.67 Å². The standard InChI is InChI=1S/C14H14N6O/c1-20-9-16-11(18-20)12-17-13(19-21-12)14(5-2-6-14)10-3-7-15-8-4-10/h3-4,7-9H,2,5-6H2,1H3. The third kappa shape index (κ3) is 1.84. The Balaban J connectivity index is 1.74. The zero-order chi connectivity index (χ0) is 14.3. The van der Waals surface area contributed by atoms with Gasteiger partial charge in [0, 0.05) is 19.4 Å². The van der Waals surface area contributed by atoms with Crippen LogP contribution in [0, 0.1) is 0 Å². The third-order valence-corrected chi connectivity index (χ3v) is 4.08. The maximum Gasteiger partial charge on any atom is 0.297 e. The van der Waals surface area contributed by atoms with E-state index >= 15 is 0 Å². The summed E-state index contributed by atoms with van der Waals surface area (Å²) < 4.78 is 6.96. The van der Waals surface area contributed by atoms with E-state index in [0.29, 0.717) is 17.5 Å². The Bertz CT molecular complexity index is 759. The van der Waals surface area contributed by atoms with Crippen LogP contribution in [0.5, 0.6) is 0 Å². The van der Waals surface area contributed by atoms with E-state index in [2.05, 4.69) is 25.2 Å². The van der Waals surface area contributed by atoms with Crippen molar-refractivity contribution in [2.24, 2.45) is 7.05 Å². The molecule has 3 aromatic rings. The number of rotatable bonds is 3. The molecule has 0 saturated heterocycles. The Morgan fingerprint density at radius 1 is 1.24 bits per heavy atom. The quantitative estimate of drug-likeness (QED) is 0.727. The first-order chi connectivity index (χ1) is 10.3. The van der Waals surface area contributed by atoms with Gasteiger partial charge >= 0.3 is 0 Å². The lowest BCUT2D eigenvalue weighted by Gasteiger charge is -2.39. The van der Waals surface area contributed by atoms with E-state index in [1.165, 1.54) is 5.56 Å². The van der Waals surface area contributed by atoms with E-state index in [0.717, 1.165) is 19.3 Å². The summed E-state index contributed by atoms with van der Waals surface area (Å²) in [4.78, 5) is 12.8. The molecule has 0 unspecified atom stereocenters. The Hall–Kier alpha value is -2.57. The van der Waals surface area contributed by atoms with Gasteiger partial charge in [0.1, 0.15) is 6.33 Å². The van der Waals surface area contributed by atoms with Crippen molar-refractivity contribution in [1.82, 2.24) is 29.9 Å². The van der Waals surface area contributed by atoms with Gasteiger partial charge in [-0.05, 0) is 30.5 Å². The number of hydrogen-bond acceptors (Lipinski definition) is 6. The summed E-state index contributed by atoms with van der Waals surface area (Å²) in [6, 6.07) is 4.04. The number of aromatic nitrogens is 6. The van der Waals surface area contributed by atoms with Crippen molar-refractivity contribution in [3.05, 3.63) is 42.2 Å². The van der Waals surface area contributed by atoms with Gasteiger partial charge in [-0.1, -0.05) is 11.6 Å². The molecule has 3 heterocycles. The number of hydrogen-bond donors (Lipinski definition) is 0. The molecule has 0 amide bonds. The van der Waals surface area contributed by atoms with Crippen LogP contribution in [0.1, 0.15) is 30.7 Å². The molecule has 0 N–H and O–H groups in total. The zero-order valence-electron chi connectivity index (χ0n) is 11.6. The Morgan fingerprint density at radius 2 is 2.05 bits per heavy atom. The largest absolute Gasteiger partial charge is 0.330 e. The minimum Gasteiger partial charge on any atom is -0.330 e. The Kier molecular flexibility index (Phi) is 2.60. The van der Waals surface area contributed by atoms with Crippen molar-refractivity contribution in [3.63, 3.8) is 0 Å². The molecule has 21 heavy (non-hydrogen) atoms. The first-order valence-electron chi connectivity index (χ1n) is 6.89. The van der Waals surface area contributed by atoms with E-state index in [9.17, 15) is 0 Å². The molecule has 0 aliphatic heterocycles. The van der Waals surface area contributed by atoms with Gasteiger partial charge in [-0.2, -0.15) is 4.98 Å². The summed E-state index contributed by atoms with van der Waals surface area (Å²) in [5.74, 6) is 1.54. The molecule has 3 aromatic heterocycles. The molecule has 106 valence electrons. The lowest BCUT2D eigenvalue weighted by molar-refractivity contribution is 0.272. The van der Waals surface area contributed by atoms with Crippen molar-refractivity contribution in [1.29, 1.82) is 0 Å². The molecular formula is C14H14N6O. The van der Waals surface area contributed by atoms with Gasteiger partial charge in [0.2, 0.25) is 5.82 Å². The SMILES string of the molecule is Cn1cnc(-c2nc(C3(c4ccncc4)CCC3)no2)n1. The smallest absolute Gasteiger partial charge is 0.297 e. The lowest BCUT2D eigenvalue weighted by Crippen LogP contribution is -2.36. The second-order valence-electron chi connectivity index (χ2n) is 5.34. The Morgan fingerprint density at radius 3 is 2.67 bits per heavy atom. The van der Waals surface area contributed by atoms with Crippen LogP contribution in [0.25, 0.3) is 11.7 Å². The first kappa shape index (κ1) is 12.2. The second-order valence-corrected chi connectivity index (χ2v) is 5.34. The highest BCUT2D eigenvalue weighted by molar-refractivity contribution is 5.41. The van der Waals surface area contributed by atoms with Gasteiger partial charge in [0.15, 0.2) is 5.82 Å². The number of pyridine rings is 1. The van der Waals surface area contributed by atoms with Crippen LogP contribution in [0.2, 0.25) is 0 Å². The van der Waals surface area contributed by atoms with Crippen LogP contribution in [-0.4, -0.2) is 29.9 Å². The van der Waals surface area contributed by atoms with E-state index < -0.39 is 0 Å². The highest BCUT2D eigenvalue weighted by atomic mass is 16.5. The predicted molar refractivity (Wildman–Crippen MR) is 73.2 cm³/mol. The van der Waals surface area contributed by atoms with Crippen LogP contribution >= 0.6 is 0 Å². The topological polar surface area (TPSA) is 82.5 Å². The average molecular weight is 282 g/mol. The third-order valence-electron chi connectivity index (χ3n) is 4.08. The van der Waals surface area contributed by atoms with Gasteiger partial charge < -0.3 is 4.52 Å². The van der Waals surface area contributed by atoms with Crippen molar-refractivity contribution in [3.8, 4) is 11.7 Å². The van der Waals surface area contributed by atoms with Crippen LogP contribution in [0.4, 0.5) is 0 Å². The Labute approximate surface area is 121 Å². The minimum absolute atomic E-state index is 0.153. The second kappa shape index (κ2) is 4.47. The fourth-order valence-electron chi connectivity index (χ4n) is 2.79. The monoisotopic (exact) mass is 282 g/mol. The van der Waals surface area contributed by atoms with Crippen LogP contribution in [0.15, 0.2) is 35.4 Å². The normalized spacial score (nSPS) is 16.6. The fourth-order valence-corrected chi connectivity index (χ4v) is 2.79. The number of nitrogens with zero attached hydrogens (tertiary/aromatic N) is 6. The summed E-state index contributed by atoms with van der Waals surface area (Å²) in [7, 11) is 1.80. The van der Waals surface area contributed by atoms with Crippen molar-refractivity contribution in [2.75, 3.05) is 0 Å². The molecule has 0 aromatic carbocycles. The molecule has 1 fully saturated rings. The summed E-state index contributed by atoms with van der Waals surface area (Å²) in [5, 5.41) is 8.37. The molecule has 0 radical (unpaired) electrons. The molecular weight excluding hydrogens is 268 g/mol. The van der Waals surface area contributed by atoms with Crippen molar-refractivity contribution < 1.29 is 4.52 Å². The molecule has 1 saturated carbocycles. The van der Waals surface area contributed by atoms with Crippen LogP contribution in [0.3, 0.4) is 0 Å². The van der Waals surface area contributed by atoms with Gasteiger partial charge in [0.05, 0.1) is 5.41 Å². The van der Waals surface area contributed by atoms with E-state index in [1.807, 2.05) is 12.1 Å². The van der Waals surface area contributed by atoms with Crippen LogP contribution < -0.4 is 0 Å². The predicted octanol–water partition coefficient (Wildman–Crippen LogP) is 1.73. The maximum atomic E-state index is 5.35. The van der Waals surface area contributed by atoms with Gasteiger partial charge in [-0.25, -0.2) is 4.98 Å². The molecule has 0 spiro atoms. The van der Waals surface area contributed by atoms with Gasteiger partial charge in [0.25, 0.3) is 5.89 Å². The molecule has 7 nitrogen and oxygen atoms in total. The van der Waals surface area contributed by atoms with E-state index in [4.69, 9.17) is 4.52 Å². The van der Waals surface area contributed by atoms with Gasteiger partial charge in [-0.15, -0.1) is 5.10 Å². The maximum absolute atomic E-state index is 5.35. The molecule has 0 atom stereocenters. The molecule has 7 heteroatoms. The average Bonchev–Trinajstić information content (AvgIpc) is 3.08. The number of aryl methyl sites for hydroxylation is 1. The lowest BCUT2D eigenvalue weighted by atomic mass is 9.64. The highest BCUT2D eigenvalue weighted by Gasteiger charge is 2.44. The van der Waals surface area contributed by atoms with E-state index in [1.54, 1.807) is 30.5 Å². The molecule has 0 bridgehead atoms. The minimum atomic E-state index is -0.153. The summed E-state index contributed by atoms with van der Waals surface area (Å²) in [6.07, 6.45) is 8.42. The molecule has 4 rings (SSSR count). The fraction of sp³-hybridized carbons (Fsp3) is 0.357. The summed E-state index contributed by atoms with van der Waals surface area (Å²) >= 11 is 0. The summed E-state index contributed by atoms with van der Waals surface area (Å²) in [5.41, 5.74) is 1.03. The molecule has 1 aliphatic rings. The molecule has 1 aliphatic carbocycles. The van der Waals surface area contributed by atoms with Crippen molar-refractivity contribution in [2.45, 2.75) is 24.7 Å². The first-order valence-corrected chi connectivity index (χ1v) is 6.89. The highest BCUT2D eigenvalue weighted by Crippen LogP contribution is 2.47. The zero-order valence-corrected chi connectivity index (χ0v) is 11.6. The van der Waals surface area contributed by atoms with Crippen molar-refractivity contribution >= 4 is 0 Å². The van der Waals surface area contributed by atoms with E-state index in [-0.39, 0.29) is 5.41 Å². The van der Waals surface area contributed by atoms with Crippen LogP contribution in [-0.2, 0) is 12.5 Å². The summed E-state index contributed by atoms with van der Waals surface area (Å²) in [6.45, 7) is 0.